The zero-order valence-electron chi connectivity index (χ0n) is 9.57. The first kappa shape index (κ1) is 9.44. The molecule has 0 spiro atoms. The van der Waals surface area contributed by atoms with Gasteiger partial charge in [0.1, 0.15) is 0 Å². The Labute approximate surface area is 105 Å². The number of hydrogen-bond donors (Lipinski definition) is 0. The summed E-state index contributed by atoms with van der Waals surface area (Å²) in [5, 5.41) is 11.4. The molecule has 0 N–H and O–H groups in total. The van der Waals surface area contributed by atoms with E-state index in [9.17, 15) is 0 Å². The van der Waals surface area contributed by atoms with E-state index in [4.69, 9.17) is 5.26 Å². The van der Waals surface area contributed by atoms with Crippen LogP contribution in [0.1, 0.15) is 5.56 Å². The van der Waals surface area contributed by atoms with E-state index in [1.54, 1.807) is 0 Å². The fraction of sp³-hybridized carbons (Fsp3) is 0. The number of nitrogens with zero attached hydrogens (tertiary/aromatic N) is 1. The Morgan fingerprint density at radius 2 is 1.67 bits per heavy atom. The Kier molecular flexibility index (Phi) is 1.68. The van der Waals surface area contributed by atoms with E-state index in [-0.39, 0.29) is 0 Å². The van der Waals surface area contributed by atoms with Gasteiger partial charge in [0, 0.05) is 6.07 Å². The molecule has 0 unspecified atom stereocenters. The lowest BCUT2D eigenvalue weighted by Crippen LogP contribution is -1.80. The molecule has 1 nitrogen and oxygen atoms in total. The summed E-state index contributed by atoms with van der Waals surface area (Å²) in [6, 6.07) is 21.9. The summed E-state index contributed by atoms with van der Waals surface area (Å²) in [6.45, 7) is 0. The van der Waals surface area contributed by atoms with E-state index in [2.05, 4.69) is 42.5 Å². The summed E-state index contributed by atoms with van der Waals surface area (Å²) in [5.41, 5.74) is 5.34. The molecule has 0 amide bonds. The Hall–Kier alpha value is -2.59. The van der Waals surface area contributed by atoms with Gasteiger partial charge in [-0.15, -0.1) is 0 Å². The quantitative estimate of drug-likeness (QED) is 0.441. The predicted octanol–water partition coefficient (Wildman–Crippen LogP) is 4.16. The van der Waals surface area contributed by atoms with Gasteiger partial charge in [-0.05, 0) is 39.1 Å². The number of nitriles is 1. The van der Waals surface area contributed by atoms with Crippen LogP contribution in [0.5, 0.6) is 0 Å². The highest BCUT2D eigenvalue weighted by atomic mass is 14.3. The van der Waals surface area contributed by atoms with Crippen molar-refractivity contribution in [2.75, 3.05) is 0 Å². The normalized spacial score (nSPS) is 11.3. The first-order valence-electron chi connectivity index (χ1n) is 5.87. The monoisotopic (exact) mass is 226 g/mol. The van der Waals surface area contributed by atoms with E-state index in [1.165, 1.54) is 22.1 Å². The average Bonchev–Trinajstić information content (AvgIpc) is 2.76. The molecule has 0 heterocycles. The molecule has 0 saturated carbocycles. The Morgan fingerprint density at radius 3 is 2.50 bits per heavy atom. The molecular weight excluding hydrogens is 218 g/mol. The fourth-order valence-electron chi connectivity index (χ4n) is 2.78. The van der Waals surface area contributed by atoms with Crippen LogP contribution in [0.25, 0.3) is 33.0 Å². The van der Waals surface area contributed by atoms with Gasteiger partial charge in [-0.3, -0.25) is 0 Å². The van der Waals surface area contributed by atoms with Crippen molar-refractivity contribution in [2.45, 2.75) is 0 Å². The summed E-state index contributed by atoms with van der Waals surface area (Å²) in [7, 11) is 0. The van der Waals surface area contributed by atoms with Gasteiger partial charge in [-0.1, -0.05) is 42.5 Å². The first-order chi connectivity index (χ1) is 8.88. The van der Waals surface area contributed by atoms with Crippen molar-refractivity contribution in [3.63, 3.8) is 0 Å². The molecular formula is C17H8N. The van der Waals surface area contributed by atoms with Crippen LogP contribution >= 0.6 is 0 Å². The van der Waals surface area contributed by atoms with Gasteiger partial charge in [0.25, 0.3) is 0 Å². The van der Waals surface area contributed by atoms with Gasteiger partial charge in [-0.2, -0.15) is 5.26 Å². The Morgan fingerprint density at radius 1 is 0.889 bits per heavy atom. The minimum Gasteiger partial charge on any atom is -0.192 e. The van der Waals surface area contributed by atoms with Crippen LogP contribution in [0.2, 0.25) is 0 Å². The molecule has 81 valence electrons. The molecule has 1 aliphatic rings. The Balaban J connectivity index is 2.27. The van der Waals surface area contributed by atoms with Crippen molar-refractivity contribution in [2.24, 2.45) is 0 Å². The molecule has 1 aliphatic carbocycles. The lowest BCUT2D eigenvalue weighted by Gasteiger charge is -2.01. The third kappa shape index (κ3) is 1.05. The second kappa shape index (κ2) is 3.21. The molecule has 0 saturated heterocycles. The second-order valence-electron chi connectivity index (χ2n) is 4.49. The third-order valence-corrected chi connectivity index (χ3v) is 3.51. The van der Waals surface area contributed by atoms with Crippen LogP contribution in [0.4, 0.5) is 0 Å². The zero-order valence-corrected chi connectivity index (χ0v) is 9.57. The minimum atomic E-state index is 0.603. The molecule has 0 bridgehead atoms. The topological polar surface area (TPSA) is 23.8 Å². The maximum Gasteiger partial charge on any atom is 0.0998 e. The third-order valence-electron chi connectivity index (χ3n) is 3.51. The van der Waals surface area contributed by atoms with Crippen molar-refractivity contribution in [1.82, 2.24) is 0 Å². The maximum absolute atomic E-state index is 9.10. The largest absolute Gasteiger partial charge is 0.192 e. The second-order valence-corrected chi connectivity index (χ2v) is 4.49. The first-order valence-corrected chi connectivity index (χ1v) is 5.87. The van der Waals surface area contributed by atoms with Crippen molar-refractivity contribution in [1.29, 1.82) is 5.26 Å². The van der Waals surface area contributed by atoms with Crippen molar-refractivity contribution in [3.05, 3.63) is 60.2 Å². The van der Waals surface area contributed by atoms with Gasteiger partial charge in [0.2, 0.25) is 0 Å². The summed E-state index contributed by atoms with van der Waals surface area (Å²) >= 11 is 0. The van der Waals surface area contributed by atoms with Gasteiger partial charge in [-0.25, -0.2) is 0 Å². The van der Waals surface area contributed by atoms with E-state index < -0.39 is 0 Å². The minimum absolute atomic E-state index is 0.603. The summed E-state index contributed by atoms with van der Waals surface area (Å²) in [4.78, 5) is 0. The highest BCUT2D eigenvalue weighted by molar-refractivity contribution is 6.15. The molecule has 1 heteroatoms. The SMILES string of the molecule is N#Cc1[c]c2c3c(cccc3c1)-c1ccccc1-2. The highest BCUT2D eigenvalue weighted by Gasteiger charge is 2.21. The molecule has 3 aromatic carbocycles. The number of benzene rings is 3. The zero-order chi connectivity index (χ0) is 12.1. The average molecular weight is 226 g/mol. The van der Waals surface area contributed by atoms with Crippen molar-refractivity contribution < 1.29 is 0 Å². The smallest absolute Gasteiger partial charge is 0.0998 e. The Bertz CT molecular complexity index is 838. The number of fused-ring (bicyclic) bond motifs is 3. The van der Waals surface area contributed by atoms with Crippen molar-refractivity contribution in [3.8, 4) is 28.3 Å². The summed E-state index contributed by atoms with van der Waals surface area (Å²) < 4.78 is 0. The van der Waals surface area contributed by atoms with Crippen LogP contribution in [0.15, 0.2) is 48.5 Å². The van der Waals surface area contributed by atoms with Crippen molar-refractivity contribution >= 4 is 10.8 Å². The van der Waals surface area contributed by atoms with Gasteiger partial charge < -0.3 is 0 Å². The lowest BCUT2D eigenvalue weighted by atomic mass is 10.0. The predicted molar refractivity (Wildman–Crippen MR) is 71.9 cm³/mol. The molecule has 0 aromatic heterocycles. The molecule has 0 fully saturated rings. The van der Waals surface area contributed by atoms with Crippen LogP contribution in [-0.4, -0.2) is 0 Å². The summed E-state index contributed by atoms with van der Waals surface area (Å²) in [5.74, 6) is 0. The van der Waals surface area contributed by atoms with Crippen LogP contribution in [0, 0.1) is 17.4 Å². The van der Waals surface area contributed by atoms with Crippen LogP contribution in [0.3, 0.4) is 0 Å². The molecule has 1 radical (unpaired) electrons. The fourth-order valence-corrected chi connectivity index (χ4v) is 2.78. The van der Waals surface area contributed by atoms with Gasteiger partial charge in [0.15, 0.2) is 0 Å². The van der Waals surface area contributed by atoms with Crippen LogP contribution in [-0.2, 0) is 0 Å². The molecule has 4 rings (SSSR count). The highest BCUT2D eigenvalue weighted by Crippen LogP contribution is 2.46. The molecule has 3 aromatic rings. The number of hydrogen-bond acceptors (Lipinski definition) is 1. The van der Waals surface area contributed by atoms with Crippen LogP contribution < -0.4 is 0 Å². The molecule has 0 atom stereocenters. The van der Waals surface area contributed by atoms with E-state index >= 15 is 0 Å². The molecule has 0 aliphatic heterocycles. The summed E-state index contributed by atoms with van der Waals surface area (Å²) in [6.07, 6.45) is 0. The standard InChI is InChI=1S/C17H8N/c18-10-11-8-12-4-3-7-15-13-5-1-2-6-14(13)16(9-11)17(12)15/h1-8H. The van der Waals surface area contributed by atoms with E-state index in [1.807, 2.05) is 18.2 Å². The molecule has 18 heavy (non-hydrogen) atoms. The van der Waals surface area contributed by atoms with E-state index in [0.29, 0.717) is 5.56 Å². The van der Waals surface area contributed by atoms with E-state index in [0.717, 1.165) is 10.9 Å². The van der Waals surface area contributed by atoms with Gasteiger partial charge in [0.05, 0.1) is 11.6 Å². The lowest BCUT2D eigenvalue weighted by molar-refractivity contribution is 1.49. The maximum atomic E-state index is 9.10. The number of rotatable bonds is 0. The van der Waals surface area contributed by atoms with Gasteiger partial charge >= 0.3 is 0 Å².